The summed E-state index contributed by atoms with van der Waals surface area (Å²) < 4.78 is 23.1. The molecule has 1 heterocycles. The molecular formula is C17H31NO2S. The molecule has 0 bridgehead atoms. The third-order valence-electron chi connectivity index (χ3n) is 4.63. The molecule has 4 heteroatoms. The maximum atomic E-state index is 11.5. The van der Waals surface area contributed by atoms with Crippen molar-refractivity contribution in [3.63, 3.8) is 0 Å². The fourth-order valence-corrected chi connectivity index (χ4v) is 5.25. The Morgan fingerprint density at radius 3 is 1.90 bits per heavy atom. The van der Waals surface area contributed by atoms with Gasteiger partial charge in [0.25, 0.3) is 0 Å². The highest BCUT2D eigenvalue weighted by Crippen LogP contribution is 2.36. The highest BCUT2D eigenvalue weighted by molar-refractivity contribution is 7.91. The molecule has 1 fully saturated rings. The first-order chi connectivity index (χ1) is 10.0. The number of sulfone groups is 1. The van der Waals surface area contributed by atoms with Crippen LogP contribution in [0.3, 0.4) is 0 Å². The first kappa shape index (κ1) is 18.5. The predicted octanol–water partition coefficient (Wildman–Crippen LogP) is 4.63. The van der Waals surface area contributed by atoms with Crippen molar-refractivity contribution in [3.05, 3.63) is 0 Å². The molecule has 0 saturated carbocycles. The van der Waals surface area contributed by atoms with Gasteiger partial charge in [-0.25, -0.2) is 8.42 Å². The molecule has 0 amide bonds. The van der Waals surface area contributed by atoms with E-state index in [0.717, 1.165) is 19.3 Å². The van der Waals surface area contributed by atoms with Gasteiger partial charge in [0.05, 0.1) is 23.0 Å². The number of unbranched alkanes of at least 4 members (excludes halogenated alkanes) is 9. The molecule has 0 N–H and O–H groups in total. The average molecular weight is 314 g/mol. The van der Waals surface area contributed by atoms with Crippen molar-refractivity contribution in [2.45, 2.75) is 84.0 Å². The standard InChI is InChI=1S/C17H31NO2S/c1-2-3-4-5-6-7-8-9-10-11-12-17(15-18)13-14-21(19,20)16-17/h2-14,16H2,1H3. The molecule has 0 radical (unpaired) electrons. The normalized spacial score (nSPS) is 24.0. The Bertz CT molecular complexity index is 425. The van der Waals surface area contributed by atoms with E-state index < -0.39 is 15.3 Å². The van der Waals surface area contributed by atoms with E-state index in [0.29, 0.717) is 6.42 Å². The van der Waals surface area contributed by atoms with Crippen LogP contribution in [0.5, 0.6) is 0 Å². The zero-order chi connectivity index (χ0) is 15.6. The Labute approximate surface area is 131 Å². The minimum Gasteiger partial charge on any atom is -0.229 e. The Kier molecular flexibility index (Phi) is 8.33. The zero-order valence-electron chi connectivity index (χ0n) is 13.6. The molecule has 3 nitrogen and oxygen atoms in total. The first-order valence-corrected chi connectivity index (χ1v) is 10.5. The Morgan fingerprint density at radius 1 is 0.952 bits per heavy atom. The maximum Gasteiger partial charge on any atom is 0.151 e. The van der Waals surface area contributed by atoms with Crippen LogP contribution in [0, 0.1) is 16.7 Å². The predicted molar refractivity (Wildman–Crippen MR) is 87.8 cm³/mol. The van der Waals surface area contributed by atoms with E-state index in [4.69, 9.17) is 0 Å². The summed E-state index contributed by atoms with van der Waals surface area (Å²) in [5, 5.41) is 9.28. The fraction of sp³-hybridized carbons (Fsp3) is 0.941. The lowest BCUT2D eigenvalue weighted by Gasteiger charge is -2.18. The molecular weight excluding hydrogens is 282 g/mol. The van der Waals surface area contributed by atoms with Gasteiger partial charge in [-0.2, -0.15) is 5.26 Å². The van der Waals surface area contributed by atoms with E-state index in [2.05, 4.69) is 13.0 Å². The lowest BCUT2D eigenvalue weighted by Crippen LogP contribution is -2.20. The second kappa shape index (κ2) is 9.46. The van der Waals surface area contributed by atoms with Gasteiger partial charge in [0.1, 0.15) is 0 Å². The summed E-state index contributed by atoms with van der Waals surface area (Å²) >= 11 is 0. The number of rotatable bonds is 11. The summed E-state index contributed by atoms with van der Waals surface area (Å²) in [6.45, 7) is 2.24. The summed E-state index contributed by atoms with van der Waals surface area (Å²) in [6, 6.07) is 2.28. The summed E-state index contributed by atoms with van der Waals surface area (Å²) in [7, 11) is -2.95. The number of nitrogens with zero attached hydrogens (tertiary/aromatic N) is 1. The van der Waals surface area contributed by atoms with Crippen LogP contribution in [-0.4, -0.2) is 19.9 Å². The van der Waals surface area contributed by atoms with Gasteiger partial charge in [0.15, 0.2) is 9.84 Å². The highest BCUT2D eigenvalue weighted by Gasteiger charge is 2.41. The molecule has 0 aromatic carbocycles. The van der Waals surface area contributed by atoms with Crippen LogP contribution in [0.2, 0.25) is 0 Å². The van der Waals surface area contributed by atoms with Crippen LogP contribution in [0.15, 0.2) is 0 Å². The van der Waals surface area contributed by atoms with E-state index in [9.17, 15) is 13.7 Å². The van der Waals surface area contributed by atoms with Gasteiger partial charge in [-0.3, -0.25) is 0 Å². The van der Waals surface area contributed by atoms with Crippen molar-refractivity contribution in [1.29, 1.82) is 5.26 Å². The minimum atomic E-state index is -2.95. The molecule has 0 aliphatic carbocycles. The second-order valence-corrected chi connectivity index (χ2v) is 8.85. The van der Waals surface area contributed by atoms with Crippen molar-refractivity contribution >= 4 is 9.84 Å². The van der Waals surface area contributed by atoms with E-state index in [1.807, 2.05) is 0 Å². The Morgan fingerprint density at radius 2 is 1.48 bits per heavy atom. The third kappa shape index (κ3) is 7.31. The van der Waals surface area contributed by atoms with Gasteiger partial charge < -0.3 is 0 Å². The van der Waals surface area contributed by atoms with Crippen molar-refractivity contribution in [2.75, 3.05) is 11.5 Å². The lowest BCUT2D eigenvalue weighted by atomic mass is 9.83. The molecule has 0 spiro atoms. The average Bonchev–Trinajstić information content (AvgIpc) is 2.77. The zero-order valence-corrected chi connectivity index (χ0v) is 14.4. The molecule has 1 unspecified atom stereocenters. The molecule has 0 aromatic rings. The van der Waals surface area contributed by atoms with E-state index in [1.165, 1.54) is 51.4 Å². The van der Waals surface area contributed by atoms with Crippen molar-refractivity contribution in [3.8, 4) is 6.07 Å². The Hall–Kier alpha value is -0.560. The molecule has 1 aliphatic heterocycles. The van der Waals surface area contributed by atoms with Crippen LogP contribution < -0.4 is 0 Å². The van der Waals surface area contributed by atoms with Gasteiger partial charge >= 0.3 is 0 Å². The van der Waals surface area contributed by atoms with Crippen LogP contribution in [0.1, 0.15) is 84.0 Å². The first-order valence-electron chi connectivity index (χ1n) is 8.65. The van der Waals surface area contributed by atoms with E-state index in [1.54, 1.807) is 0 Å². The summed E-state index contributed by atoms with van der Waals surface area (Å²) in [4.78, 5) is 0. The third-order valence-corrected chi connectivity index (χ3v) is 6.45. The fourth-order valence-electron chi connectivity index (χ4n) is 3.21. The topological polar surface area (TPSA) is 57.9 Å². The summed E-state index contributed by atoms with van der Waals surface area (Å²) in [6.07, 6.45) is 14.0. The van der Waals surface area contributed by atoms with Gasteiger partial charge in [0.2, 0.25) is 0 Å². The number of nitriles is 1. The molecule has 21 heavy (non-hydrogen) atoms. The second-order valence-electron chi connectivity index (χ2n) is 6.67. The van der Waals surface area contributed by atoms with E-state index >= 15 is 0 Å². The molecule has 0 aromatic heterocycles. The smallest absolute Gasteiger partial charge is 0.151 e. The molecule has 1 aliphatic rings. The monoisotopic (exact) mass is 313 g/mol. The van der Waals surface area contributed by atoms with Gasteiger partial charge in [-0.05, 0) is 12.8 Å². The Balaban J connectivity index is 2.03. The van der Waals surface area contributed by atoms with E-state index in [-0.39, 0.29) is 11.5 Å². The molecule has 1 atom stereocenters. The van der Waals surface area contributed by atoms with Gasteiger partial charge in [-0.15, -0.1) is 0 Å². The van der Waals surface area contributed by atoms with Crippen LogP contribution >= 0.6 is 0 Å². The van der Waals surface area contributed by atoms with Crippen molar-refractivity contribution in [2.24, 2.45) is 5.41 Å². The lowest BCUT2D eigenvalue weighted by molar-refractivity contribution is 0.390. The van der Waals surface area contributed by atoms with Gasteiger partial charge in [0, 0.05) is 0 Å². The molecule has 122 valence electrons. The highest BCUT2D eigenvalue weighted by atomic mass is 32.2. The van der Waals surface area contributed by atoms with Gasteiger partial charge in [-0.1, -0.05) is 71.1 Å². The maximum absolute atomic E-state index is 11.5. The summed E-state index contributed by atoms with van der Waals surface area (Å²) in [5.41, 5.74) is -0.570. The largest absolute Gasteiger partial charge is 0.229 e. The van der Waals surface area contributed by atoms with Crippen molar-refractivity contribution in [1.82, 2.24) is 0 Å². The SMILES string of the molecule is CCCCCCCCCCCCC1(C#N)CCS(=O)(=O)C1. The quantitative estimate of drug-likeness (QED) is 0.523. The van der Waals surface area contributed by atoms with Crippen molar-refractivity contribution < 1.29 is 8.42 Å². The van der Waals surface area contributed by atoms with Crippen LogP contribution in [0.25, 0.3) is 0 Å². The number of hydrogen-bond acceptors (Lipinski definition) is 3. The molecule has 1 saturated heterocycles. The summed E-state index contributed by atoms with van der Waals surface area (Å²) in [5.74, 6) is 0.298. The minimum absolute atomic E-state index is 0.0912. The van der Waals surface area contributed by atoms with Crippen LogP contribution in [0.4, 0.5) is 0 Å². The van der Waals surface area contributed by atoms with Crippen LogP contribution in [-0.2, 0) is 9.84 Å². The number of hydrogen-bond donors (Lipinski definition) is 0. The molecule has 1 rings (SSSR count).